The molecule has 0 fully saturated rings. The number of benzene rings is 1. The van der Waals surface area contributed by atoms with Crippen molar-refractivity contribution in [3.05, 3.63) is 33.7 Å². The monoisotopic (exact) mass is 274 g/mol. The van der Waals surface area contributed by atoms with Gasteiger partial charge in [0, 0.05) is 20.3 Å². The molecule has 0 aliphatic rings. The predicted octanol–water partition coefficient (Wildman–Crippen LogP) is 4.76. The Morgan fingerprint density at radius 2 is 2.23 bits per heavy atom. The maximum absolute atomic E-state index is 6.21. The third kappa shape index (κ3) is 1.63. The van der Waals surface area contributed by atoms with Gasteiger partial charge in [-0.15, -0.1) is 11.3 Å². The highest BCUT2D eigenvalue weighted by Crippen LogP contribution is 2.36. The summed E-state index contributed by atoms with van der Waals surface area (Å²) in [4.78, 5) is 1.21. The summed E-state index contributed by atoms with van der Waals surface area (Å²) in [5, 5.41) is 2.92. The fourth-order valence-corrected chi connectivity index (χ4v) is 3.42. The highest BCUT2D eigenvalue weighted by Gasteiger charge is 2.08. The molecular formula is C10H8BrClS. The Balaban J connectivity index is 2.77. The second-order valence-electron chi connectivity index (χ2n) is 2.97. The van der Waals surface area contributed by atoms with Crippen molar-refractivity contribution in [2.45, 2.75) is 12.3 Å². The van der Waals surface area contributed by atoms with E-state index in [1.807, 2.05) is 0 Å². The van der Waals surface area contributed by atoms with E-state index in [4.69, 9.17) is 11.6 Å². The van der Waals surface area contributed by atoms with Gasteiger partial charge in [-0.3, -0.25) is 0 Å². The highest BCUT2D eigenvalue weighted by atomic mass is 79.9. The molecule has 1 aromatic heterocycles. The molecule has 0 bridgehead atoms. The molecule has 0 saturated carbocycles. The fourth-order valence-electron chi connectivity index (χ4n) is 1.32. The van der Waals surface area contributed by atoms with E-state index in [2.05, 4.69) is 41.1 Å². The van der Waals surface area contributed by atoms with E-state index < -0.39 is 0 Å². The van der Waals surface area contributed by atoms with Gasteiger partial charge in [0.15, 0.2) is 0 Å². The first-order valence-electron chi connectivity index (χ1n) is 3.96. The summed E-state index contributed by atoms with van der Waals surface area (Å²) in [7, 11) is 0. The Labute approximate surface area is 94.7 Å². The molecule has 0 unspecified atom stereocenters. The van der Waals surface area contributed by atoms with Gasteiger partial charge in [-0.1, -0.05) is 39.2 Å². The molecule has 0 N–H and O–H groups in total. The maximum atomic E-state index is 6.21. The molecule has 0 atom stereocenters. The summed E-state index contributed by atoms with van der Waals surface area (Å²) in [6.07, 6.45) is 0. The van der Waals surface area contributed by atoms with Gasteiger partial charge in [-0.25, -0.2) is 0 Å². The molecule has 2 aromatic rings. The van der Waals surface area contributed by atoms with Crippen LogP contribution in [0, 0.1) is 6.92 Å². The Kier molecular flexibility index (Phi) is 2.63. The molecule has 0 radical (unpaired) electrons. The van der Waals surface area contributed by atoms with Crippen LogP contribution in [0.2, 0.25) is 5.02 Å². The van der Waals surface area contributed by atoms with Gasteiger partial charge < -0.3 is 0 Å². The van der Waals surface area contributed by atoms with Crippen LogP contribution in [0.1, 0.15) is 10.4 Å². The van der Waals surface area contributed by atoms with Crippen LogP contribution >= 0.6 is 38.9 Å². The Bertz CT molecular complexity index is 447. The van der Waals surface area contributed by atoms with Crippen molar-refractivity contribution in [2.75, 3.05) is 0 Å². The number of alkyl halides is 1. The number of fused-ring (bicyclic) bond motifs is 1. The van der Waals surface area contributed by atoms with Crippen molar-refractivity contribution in [2.24, 2.45) is 0 Å². The normalized spacial score (nSPS) is 11.0. The molecular weight excluding hydrogens is 268 g/mol. The van der Waals surface area contributed by atoms with E-state index in [1.54, 1.807) is 11.3 Å². The number of rotatable bonds is 1. The standard InChI is InChI=1S/C10H8BrClS/c1-6-2-3-8-7(4-6)10(12)9(5-11)13-8/h2-4H,5H2,1H3. The zero-order chi connectivity index (χ0) is 9.42. The van der Waals surface area contributed by atoms with Crippen LogP contribution in [0.5, 0.6) is 0 Å². The first-order valence-corrected chi connectivity index (χ1v) is 6.27. The topological polar surface area (TPSA) is 0 Å². The predicted molar refractivity (Wildman–Crippen MR) is 64.2 cm³/mol. The maximum Gasteiger partial charge on any atom is 0.0632 e. The van der Waals surface area contributed by atoms with Gasteiger partial charge in [-0.05, 0) is 19.1 Å². The van der Waals surface area contributed by atoms with Gasteiger partial charge in [0.1, 0.15) is 0 Å². The quantitative estimate of drug-likeness (QED) is 0.658. The fraction of sp³-hybridized carbons (Fsp3) is 0.200. The van der Waals surface area contributed by atoms with E-state index in [0.29, 0.717) is 0 Å². The number of hydrogen-bond donors (Lipinski definition) is 0. The van der Waals surface area contributed by atoms with Crippen LogP contribution in [0.3, 0.4) is 0 Å². The first-order chi connectivity index (χ1) is 6.22. The third-order valence-corrected chi connectivity index (χ3v) is 4.62. The average molecular weight is 276 g/mol. The lowest BCUT2D eigenvalue weighted by Crippen LogP contribution is -1.70. The van der Waals surface area contributed by atoms with Gasteiger partial charge in [-0.2, -0.15) is 0 Å². The summed E-state index contributed by atoms with van der Waals surface area (Å²) < 4.78 is 1.27. The Hall–Kier alpha value is -0.0500. The Morgan fingerprint density at radius 3 is 2.92 bits per heavy atom. The third-order valence-electron chi connectivity index (χ3n) is 1.97. The molecule has 0 nitrogen and oxygen atoms in total. The van der Waals surface area contributed by atoms with Crippen molar-refractivity contribution in [3.63, 3.8) is 0 Å². The number of thiophene rings is 1. The average Bonchev–Trinajstić information content (AvgIpc) is 2.44. The van der Waals surface area contributed by atoms with Crippen LogP contribution in [0.4, 0.5) is 0 Å². The molecule has 1 aromatic carbocycles. The summed E-state index contributed by atoms with van der Waals surface area (Å²) in [5.41, 5.74) is 1.26. The van der Waals surface area contributed by atoms with Gasteiger partial charge in [0.05, 0.1) is 5.02 Å². The minimum absolute atomic E-state index is 0.838. The lowest BCUT2D eigenvalue weighted by atomic mass is 10.2. The molecule has 0 spiro atoms. The smallest absolute Gasteiger partial charge is 0.0632 e. The Morgan fingerprint density at radius 1 is 1.46 bits per heavy atom. The van der Waals surface area contributed by atoms with Gasteiger partial charge in [0.2, 0.25) is 0 Å². The van der Waals surface area contributed by atoms with Crippen LogP contribution in [-0.2, 0) is 5.33 Å². The second kappa shape index (κ2) is 3.60. The van der Waals surface area contributed by atoms with Crippen molar-refractivity contribution >= 4 is 49.0 Å². The van der Waals surface area contributed by atoms with Crippen LogP contribution in [0.15, 0.2) is 18.2 Å². The summed E-state index contributed by atoms with van der Waals surface area (Å²) in [6, 6.07) is 6.39. The second-order valence-corrected chi connectivity index (χ2v) is 5.05. The molecule has 0 aliphatic carbocycles. The lowest BCUT2D eigenvalue weighted by Gasteiger charge is -1.92. The van der Waals surface area contributed by atoms with Crippen LogP contribution in [0.25, 0.3) is 10.1 Å². The largest absolute Gasteiger partial charge is 0.138 e. The lowest BCUT2D eigenvalue weighted by molar-refractivity contribution is 1.51. The molecule has 13 heavy (non-hydrogen) atoms. The molecule has 68 valence electrons. The highest BCUT2D eigenvalue weighted by molar-refractivity contribution is 9.08. The SMILES string of the molecule is Cc1ccc2sc(CBr)c(Cl)c2c1. The van der Waals surface area contributed by atoms with Crippen molar-refractivity contribution < 1.29 is 0 Å². The van der Waals surface area contributed by atoms with Gasteiger partial charge in [0.25, 0.3) is 0 Å². The van der Waals surface area contributed by atoms with Crippen molar-refractivity contribution in [1.29, 1.82) is 0 Å². The van der Waals surface area contributed by atoms with E-state index in [1.165, 1.54) is 20.5 Å². The molecule has 0 amide bonds. The van der Waals surface area contributed by atoms with Crippen molar-refractivity contribution in [3.8, 4) is 0 Å². The summed E-state index contributed by atoms with van der Waals surface area (Å²) >= 11 is 11.4. The minimum atomic E-state index is 0.838. The summed E-state index contributed by atoms with van der Waals surface area (Å²) in [6.45, 7) is 2.08. The molecule has 0 aliphatic heterocycles. The first kappa shape index (κ1) is 9.50. The zero-order valence-corrected chi connectivity index (χ0v) is 10.3. The molecule has 0 saturated heterocycles. The number of halogens is 2. The van der Waals surface area contributed by atoms with E-state index >= 15 is 0 Å². The molecule has 3 heteroatoms. The molecule has 1 heterocycles. The van der Waals surface area contributed by atoms with Crippen LogP contribution < -0.4 is 0 Å². The number of aryl methyl sites for hydroxylation is 1. The minimum Gasteiger partial charge on any atom is -0.138 e. The van der Waals surface area contributed by atoms with E-state index in [-0.39, 0.29) is 0 Å². The zero-order valence-electron chi connectivity index (χ0n) is 7.10. The van der Waals surface area contributed by atoms with Gasteiger partial charge >= 0.3 is 0 Å². The van der Waals surface area contributed by atoms with E-state index in [0.717, 1.165) is 10.4 Å². The molecule has 2 rings (SSSR count). The van der Waals surface area contributed by atoms with Crippen molar-refractivity contribution in [1.82, 2.24) is 0 Å². The van der Waals surface area contributed by atoms with Crippen LogP contribution in [-0.4, -0.2) is 0 Å². The summed E-state index contributed by atoms with van der Waals surface area (Å²) in [5.74, 6) is 0. The number of hydrogen-bond acceptors (Lipinski definition) is 1. The van der Waals surface area contributed by atoms with E-state index in [9.17, 15) is 0 Å².